The average Bonchev–Trinajstić information content (AvgIpc) is 2.58. The van der Waals surface area contributed by atoms with Gasteiger partial charge < -0.3 is 16.0 Å². The number of rotatable bonds is 3. The number of nitrogens with one attached hydrogen (secondary N) is 1. The summed E-state index contributed by atoms with van der Waals surface area (Å²) in [5.41, 5.74) is 7.68. The molecule has 1 saturated heterocycles. The summed E-state index contributed by atoms with van der Waals surface area (Å²) in [6.45, 7) is 4.06. The molecule has 6 heteroatoms. The summed E-state index contributed by atoms with van der Waals surface area (Å²) in [5.74, 6) is -0.173. The Morgan fingerprint density at radius 1 is 1.17 bits per heavy atom. The number of hydrogen-bond donors (Lipinski definition) is 2. The first-order valence-corrected chi connectivity index (χ1v) is 7.79. The largest absolute Gasteiger partial charge is 0.399 e. The highest BCUT2D eigenvalue weighted by Gasteiger charge is 2.23. The van der Waals surface area contributed by atoms with Gasteiger partial charge in [0.1, 0.15) is 5.83 Å². The number of halogens is 1. The molecular formula is C17H21FN4O. The molecule has 5 nitrogen and oxygen atoms in total. The van der Waals surface area contributed by atoms with Gasteiger partial charge in [0.25, 0.3) is 5.91 Å². The molecule has 0 aromatic heterocycles. The number of dihydropyridines is 1. The molecule has 1 aromatic rings. The van der Waals surface area contributed by atoms with Crippen LogP contribution in [0.4, 0.5) is 10.1 Å². The van der Waals surface area contributed by atoms with Gasteiger partial charge in [-0.2, -0.15) is 0 Å². The molecule has 1 aromatic carbocycles. The van der Waals surface area contributed by atoms with Crippen LogP contribution in [0.15, 0.2) is 47.9 Å². The zero-order valence-electron chi connectivity index (χ0n) is 13.0. The summed E-state index contributed by atoms with van der Waals surface area (Å²) < 4.78 is 13.7. The average molecular weight is 316 g/mol. The fourth-order valence-corrected chi connectivity index (χ4v) is 2.82. The third-order valence-corrected chi connectivity index (χ3v) is 4.21. The van der Waals surface area contributed by atoms with Gasteiger partial charge in [0.15, 0.2) is 0 Å². The zero-order chi connectivity index (χ0) is 16.2. The van der Waals surface area contributed by atoms with Crippen LogP contribution in [0.2, 0.25) is 0 Å². The Kier molecular flexibility index (Phi) is 4.62. The van der Waals surface area contributed by atoms with Crippen molar-refractivity contribution in [2.24, 2.45) is 0 Å². The third kappa shape index (κ3) is 3.71. The summed E-state index contributed by atoms with van der Waals surface area (Å²) >= 11 is 0. The molecular weight excluding hydrogens is 295 g/mol. The van der Waals surface area contributed by atoms with Crippen LogP contribution >= 0.6 is 0 Å². The fourth-order valence-electron chi connectivity index (χ4n) is 2.82. The van der Waals surface area contributed by atoms with Gasteiger partial charge in [-0.3, -0.25) is 9.69 Å². The van der Waals surface area contributed by atoms with E-state index >= 15 is 0 Å². The number of anilines is 1. The highest BCUT2D eigenvalue weighted by Crippen LogP contribution is 2.17. The monoisotopic (exact) mass is 316 g/mol. The van der Waals surface area contributed by atoms with Crippen molar-refractivity contribution in [1.82, 2.24) is 15.1 Å². The van der Waals surface area contributed by atoms with Crippen LogP contribution in [0.25, 0.3) is 0 Å². The Morgan fingerprint density at radius 2 is 1.87 bits per heavy atom. The molecule has 0 bridgehead atoms. The second kappa shape index (κ2) is 6.83. The van der Waals surface area contributed by atoms with E-state index in [2.05, 4.69) is 10.2 Å². The van der Waals surface area contributed by atoms with Crippen LogP contribution in [-0.2, 0) is 0 Å². The maximum atomic E-state index is 13.7. The van der Waals surface area contributed by atoms with E-state index in [4.69, 9.17) is 5.73 Å². The molecule has 2 aliphatic heterocycles. The Labute approximate surface area is 135 Å². The Balaban J connectivity index is 1.54. The third-order valence-electron chi connectivity index (χ3n) is 4.21. The number of amides is 1. The summed E-state index contributed by atoms with van der Waals surface area (Å²) in [4.78, 5) is 16.5. The van der Waals surface area contributed by atoms with E-state index in [-0.39, 0.29) is 11.7 Å². The molecule has 2 heterocycles. The van der Waals surface area contributed by atoms with Gasteiger partial charge in [0, 0.05) is 62.3 Å². The van der Waals surface area contributed by atoms with Crippen LogP contribution in [0.3, 0.4) is 0 Å². The summed E-state index contributed by atoms with van der Waals surface area (Å²) in [6, 6.07) is 6.98. The van der Waals surface area contributed by atoms with Gasteiger partial charge in [-0.1, -0.05) is 6.08 Å². The molecule has 3 N–H and O–H groups in total. The lowest BCUT2D eigenvalue weighted by Crippen LogP contribution is -2.49. The van der Waals surface area contributed by atoms with Crippen molar-refractivity contribution < 1.29 is 9.18 Å². The standard InChI is InChI=1S/C17H21FN4O/c18-16-11-20-6-5-14(16)12-21-7-9-22(10-8-21)17(23)13-1-3-15(19)4-2-13/h1-5,11,20H,6-10,12,19H2. The van der Waals surface area contributed by atoms with Gasteiger partial charge in [0.05, 0.1) is 0 Å². The molecule has 0 saturated carbocycles. The molecule has 0 spiro atoms. The molecule has 0 aliphatic carbocycles. The first kappa shape index (κ1) is 15.6. The van der Waals surface area contributed by atoms with E-state index in [0.717, 1.165) is 18.7 Å². The first-order valence-electron chi connectivity index (χ1n) is 7.79. The molecule has 0 atom stereocenters. The maximum Gasteiger partial charge on any atom is 0.253 e. The van der Waals surface area contributed by atoms with Gasteiger partial charge in [-0.15, -0.1) is 0 Å². The molecule has 3 rings (SSSR count). The van der Waals surface area contributed by atoms with Gasteiger partial charge >= 0.3 is 0 Å². The number of piperazine rings is 1. The Bertz CT molecular complexity index is 630. The van der Waals surface area contributed by atoms with E-state index in [9.17, 15) is 9.18 Å². The van der Waals surface area contributed by atoms with E-state index in [0.29, 0.717) is 37.4 Å². The minimum Gasteiger partial charge on any atom is -0.399 e. The molecule has 1 fully saturated rings. The first-order chi connectivity index (χ1) is 11.1. The highest BCUT2D eigenvalue weighted by molar-refractivity contribution is 5.94. The van der Waals surface area contributed by atoms with Gasteiger partial charge in [0.2, 0.25) is 0 Å². The molecule has 1 amide bonds. The summed E-state index contributed by atoms with van der Waals surface area (Å²) in [7, 11) is 0. The van der Waals surface area contributed by atoms with Crippen LogP contribution in [0.5, 0.6) is 0 Å². The van der Waals surface area contributed by atoms with E-state index in [1.165, 1.54) is 6.20 Å². The number of hydrogen-bond acceptors (Lipinski definition) is 4. The number of nitrogens with zero attached hydrogens (tertiary/aromatic N) is 2. The van der Waals surface area contributed by atoms with Crippen molar-refractivity contribution in [3.63, 3.8) is 0 Å². The second-order valence-corrected chi connectivity index (χ2v) is 5.82. The number of carbonyl (C=O) groups is 1. The predicted molar refractivity (Wildman–Crippen MR) is 88.5 cm³/mol. The molecule has 0 unspecified atom stereocenters. The quantitative estimate of drug-likeness (QED) is 0.827. The smallest absolute Gasteiger partial charge is 0.253 e. The van der Waals surface area contributed by atoms with Crippen molar-refractivity contribution in [2.45, 2.75) is 0 Å². The van der Waals surface area contributed by atoms with Crippen molar-refractivity contribution >= 4 is 11.6 Å². The maximum absolute atomic E-state index is 13.7. The van der Waals surface area contributed by atoms with Gasteiger partial charge in [-0.25, -0.2) is 4.39 Å². The summed E-state index contributed by atoms with van der Waals surface area (Å²) in [6.07, 6.45) is 3.29. The number of nitrogens with two attached hydrogens (primary N) is 1. The SMILES string of the molecule is Nc1ccc(C(=O)N2CCN(CC3=CCNC=C3F)CC2)cc1. The van der Waals surface area contributed by atoms with Crippen LogP contribution in [0.1, 0.15) is 10.4 Å². The van der Waals surface area contributed by atoms with Crippen LogP contribution < -0.4 is 11.1 Å². The Morgan fingerprint density at radius 3 is 2.52 bits per heavy atom. The Hall–Kier alpha value is -2.34. The lowest BCUT2D eigenvalue weighted by molar-refractivity contribution is 0.0647. The lowest BCUT2D eigenvalue weighted by Gasteiger charge is -2.35. The van der Waals surface area contributed by atoms with E-state index in [1.807, 2.05) is 11.0 Å². The van der Waals surface area contributed by atoms with Crippen LogP contribution in [0, 0.1) is 0 Å². The van der Waals surface area contributed by atoms with Gasteiger partial charge in [-0.05, 0) is 24.3 Å². The predicted octanol–water partition coefficient (Wildman–Crippen LogP) is 1.37. The minimum absolute atomic E-state index is 0.0248. The summed E-state index contributed by atoms with van der Waals surface area (Å²) in [5, 5.41) is 2.85. The normalized spacial score (nSPS) is 18.9. The molecule has 0 radical (unpaired) electrons. The number of nitrogen functional groups attached to an aromatic ring is 1. The molecule has 2 aliphatic rings. The topological polar surface area (TPSA) is 61.6 Å². The number of carbonyl (C=O) groups excluding carboxylic acids is 1. The van der Waals surface area contributed by atoms with Crippen LogP contribution in [-0.4, -0.2) is 55.0 Å². The van der Waals surface area contributed by atoms with Crippen molar-refractivity contribution in [2.75, 3.05) is 45.0 Å². The zero-order valence-corrected chi connectivity index (χ0v) is 13.0. The molecule has 122 valence electrons. The lowest BCUT2D eigenvalue weighted by atomic mass is 10.1. The number of benzene rings is 1. The van der Waals surface area contributed by atoms with Crippen molar-refractivity contribution in [3.8, 4) is 0 Å². The van der Waals surface area contributed by atoms with Crippen molar-refractivity contribution in [1.29, 1.82) is 0 Å². The van der Waals surface area contributed by atoms with E-state index in [1.54, 1.807) is 24.3 Å². The minimum atomic E-state index is -0.198. The fraction of sp³-hybridized carbons (Fsp3) is 0.353. The molecule has 23 heavy (non-hydrogen) atoms. The van der Waals surface area contributed by atoms with Crippen molar-refractivity contribution in [3.05, 3.63) is 53.5 Å². The van der Waals surface area contributed by atoms with E-state index < -0.39 is 0 Å². The highest BCUT2D eigenvalue weighted by atomic mass is 19.1. The second-order valence-electron chi connectivity index (χ2n) is 5.82.